The summed E-state index contributed by atoms with van der Waals surface area (Å²) < 4.78 is 13.7. The third kappa shape index (κ3) is 2.57. The largest absolute Gasteiger partial charge is 0.327 e. The molecule has 0 unspecified atom stereocenters. The van der Waals surface area contributed by atoms with Gasteiger partial charge in [-0.2, -0.15) is 0 Å². The van der Waals surface area contributed by atoms with Crippen molar-refractivity contribution in [3.05, 3.63) is 47.1 Å². The maximum absolute atomic E-state index is 13.7. The van der Waals surface area contributed by atoms with Crippen LogP contribution in [0, 0.1) is 5.82 Å². The van der Waals surface area contributed by atoms with Crippen molar-refractivity contribution in [2.45, 2.75) is 6.54 Å². The first-order chi connectivity index (χ1) is 8.61. The first-order valence-electron chi connectivity index (χ1n) is 5.32. The van der Waals surface area contributed by atoms with Gasteiger partial charge in [0.25, 0.3) is 0 Å². The highest BCUT2D eigenvalue weighted by Gasteiger charge is 2.11. The number of benzene rings is 1. The van der Waals surface area contributed by atoms with E-state index in [4.69, 9.17) is 17.3 Å². The number of nitrogens with two attached hydrogens (primary N) is 1. The van der Waals surface area contributed by atoms with Crippen LogP contribution in [0.3, 0.4) is 0 Å². The second kappa shape index (κ2) is 5.29. The first kappa shape index (κ1) is 12.7. The summed E-state index contributed by atoms with van der Waals surface area (Å²) >= 11 is 5.86. The fourth-order valence-corrected chi connectivity index (χ4v) is 1.71. The number of aromatic nitrogens is 2. The third-order valence-corrected chi connectivity index (χ3v) is 2.72. The van der Waals surface area contributed by atoms with Gasteiger partial charge in [-0.05, 0) is 24.3 Å². The lowest BCUT2D eigenvalue weighted by molar-refractivity contribution is 0.627. The highest BCUT2D eigenvalue weighted by molar-refractivity contribution is 6.30. The molecule has 0 spiro atoms. The maximum Gasteiger partial charge on any atom is 0.146 e. The molecule has 94 valence electrons. The van der Waals surface area contributed by atoms with Crippen molar-refractivity contribution in [2.75, 3.05) is 11.9 Å². The van der Waals surface area contributed by atoms with E-state index in [1.807, 2.05) is 0 Å². The van der Waals surface area contributed by atoms with Crippen molar-refractivity contribution in [3.63, 3.8) is 0 Å². The molecule has 2 aromatic rings. The zero-order valence-electron chi connectivity index (χ0n) is 9.77. The first-order valence-corrected chi connectivity index (χ1v) is 5.70. The van der Waals surface area contributed by atoms with Crippen molar-refractivity contribution in [2.24, 2.45) is 5.73 Å². The Morgan fingerprint density at radius 1 is 1.39 bits per heavy atom. The molecule has 0 aliphatic rings. The maximum atomic E-state index is 13.7. The Kier molecular flexibility index (Phi) is 3.74. The van der Waals surface area contributed by atoms with E-state index in [1.54, 1.807) is 30.3 Å². The highest BCUT2D eigenvalue weighted by Crippen LogP contribution is 2.27. The second-order valence-electron chi connectivity index (χ2n) is 3.69. The monoisotopic (exact) mass is 266 g/mol. The van der Waals surface area contributed by atoms with Crippen LogP contribution in [0.1, 0.15) is 5.82 Å². The SMILES string of the molecule is CN(c1ccnc(CN)n1)c1cc(Cl)ccc1F. The highest BCUT2D eigenvalue weighted by atomic mass is 35.5. The Morgan fingerprint density at radius 2 is 2.17 bits per heavy atom. The molecule has 18 heavy (non-hydrogen) atoms. The van der Waals surface area contributed by atoms with Gasteiger partial charge in [0.1, 0.15) is 17.5 Å². The molecule has 2 rings (SSSR count). The van der Waals surface area contributed by atoms with Gasteiger partial charge in [-0.15, -0.1) is 0 Å². The van der Waals surface area contributed by atoms with Gasteiger partial charge in [0.15, 0.2) is 0 Å². The molecule has 0 aliphatic heterocycles. The summed E-state index contributed by atoms with van der Waals surface area (Å²) in [6.07, 6.45) is 1.59. The molecule has 0 amide bonds. The molecule has 0 atom stereocenters. The Balaban J connectivity index is 2.40. The van der Waals surface area contributed by atoms with E-state index in [9.17, 15) is 4.39 Å². The number of halogens is 2. The van der Waals surface area contributed by atoms with Gasteiger partial charge in [-0.3, -0.25) is 0 Å². The van der Waals surface area contributed by atoms with Gasteiger partial charge < -0.3 is 10.6 Å². The summed E-state index contributed by atoms with van der Waals surface area (Å²) in [4.78, 5) is 9.81. The third-order valence-electron chi connectivity index (χ3n) is 2.49. The number of anilines is 2. The van der Waals surface area contributed by atoms with Crippen LogP contribution in [0.2, 0.25) is 5.02 Å². The van der Waals surface area contributed by atoms with Crippen molar-refractivity contribution in [1.29, 1.82) is 0 Å². The minimum Gasteiger partial charge on any atom is -0.327 e. The van der Waals surface area contributed by atoms with E-state index in [-0.39, 0.29) is 12.4 Å². The summed E-state index contributed by atoms with van der Waals surface area (Å²) in [5.41, 5.74) is 5.82. The summed E-state index contributed by atoms with van der Waals surface area (Å²) in [6.45, 7) is 0.236. The fourth-order valence-electron chi connectivity index (χ4n) is 1.54. The Morgan fingerprint density at radius 3 is 2.89 bits per heavy atom. The molecule has 1 aromatic heterocycles. The van der Waals surface area contributed by atoms with Gasteiger partial charge in [-0.1, -0.05) is 11.6 Å². The quantitative estimate of drug-likeness (QED) is 0.927. The minimum atomic E-state index is -0.366. The zero-order chi connectivity index (χ0) is 13.1. The van der Waals surface area contributed by atoms with E-state index >= 15 is 0 Å². The van der Waals surface area contributed by atoms with Gasteiger partial charge >= 0.3 is 0 Å². The molecular weight excluding hydrogens is 255 g/mol. The topological polar surface area (TPSA) is 55.0 Å². The summed E-state index contributed by atoms with van der Waals surface area (Å²) in [6, 6.07) is 6.04. The molecule has 1 heterocycles. The van der Waals surface area contributed by atoms with E-state index in [0.717, 1.165) is 0 Å². The van der Waals surface area contributed by atoms with E-state index in [2.05, 4.69) is 9.97 Å². The molecule has 0 fully saturated rings. The van der Waals surface area contributed by atoms with Gasteiger partial charge in [0.2, 0.25) is 0 Å². The van der Waals surface area contributed by atoms with E-state index < -0.39 is 0 Å². The average Bonchev–Trinajstić information content (AvgIpc) is 2.41. The lowest BCUT2D eigenvalue weighted by atomic mass is 10.3. The van der Waals surface area contributed by atoms with Crippen LogP contribution in [-0.2, 0) is 6.54 Å². The number of hydrogen-bond donors (Lipinski definition) is 1. The molecular formula is C12H12ClFN4. The fraction of sp³-hybridized carbons (Fsp3) is 0.167. The summed E-state index contributed by atoms with van der Waals surface area (Å²) in [5, 5.41) is 0.464. The molecule has 6 heteroatoms. The standard InChI is InChI=1S/C12H12ClFN4/c1-18(10-6-8(13)2-3-9(10)14)12-4-5-16-11(7-15)17-12/h2-6H,7,15H2,1H3. The van der Waals surface area contributed by atoms with Crippen molar-refractivity contribution in [1.82, 2.24) is 9.97 Å². The molecule has 1 aromatic carbocycles. The van der Waals surface area contributed by atoms with Crippen LogP contribution in [-0.4, -0.2) is 17.0 Å². The van der Waals surface area contributed by atoms with E-state index in [0.29, 0.717) is 22.4 Å². The Labute approximate surface area is 109 Å². The minimum absolute atomic E-state index is 0.236. The predicted molar refractivity (Wildman–Crippen MR) is 69.4 cm³/mol. The van der Waals surface area contributed by atoms with Gasteiger partial charge in [-0.25, -0.2) is 14.4 Å². The van der Waals surface area contributed by atoms with E-state index in [1.165, 1.54) is 12.1 Å². The lowest BCUT2D eigenvalue weighted by Gasteiger charge is -2.19. The molecule has 0 aliphatic carbocycles. The molecule has 0 radical (unpaired) electrons. The van der Waals surface area contributed by atoms with Crippen LogP contribution in [0.25, 0.3) is 0 Å². The summed E-state index contributed by atoms with van der Waals surface area (Å²) in [5.74, 6) is 0.697. The smallest absolute Gasteiger partial charge is 0.146 e. The average molecular weight is 267 g/mol. The molecule has 0 saturated carbocycles. The molecule has 0 saturated heterocycles. The van der Waals surface area contributed by atoms with Crippen LogP contribution in [0.15, 0.2) is 30.5 Å². The number of rotatable bonds is 3. The molecule has 4 nitrogen and oxygen atoms in total. The lowest BCUT2D eigenvalue weighted by Crippen LogP contribution is -2.15. The number of hydrogen-bond acceptors (Lipinski definition) is 4. The summed E-state index contributed by atoms with van der Waals surface area (Å²) in [7, 11) is 1.71. The zero-order valence-corrected chi connectivity index (χ0v) is 10.5. The van der Waals surface area contributed by atoms with Crippen LogP contribution < -0.4 is 10.6 Å². The van der Waals surface area contributed by atoms with Crippen LogP contribution in [0.4, 0.5) is 15.9 Å². The van der Waals surface area contributed by atoms with Crippen molar-refractivity contribution in [3.8, 4) is 0 Å². The Bertz CT molecular complexity index is 562. The predicted octanol–water partition coefficient (Wildman–Crippen LogP) is 2.50. The van der Waals surface area contributed by atoms with Crippen LogP contribution in [0.5, 0.6) is 0 Å². The second-order valence-corrected chi connectivity index (χ2v) is 4.13. The molecule has 0 bridgehead atoms. The van der Waals surface area contributed by atoms with Crippen molar-refractivity contribution >= 4 is 23.1 Å². The number of nitrogens with zero attached hydrogens (tertiary/aromatic N) is 3. The normalized spacial score (nSPS) is 10.4. The van der Waals surface area contributed by atoms with Crippen LogP contribution >= 0.6 is 11.6 Å². The Hall–Kier alpha value is -1.72. The van der Waals surface area contributed by atoms with Gasteiger partial charge in [0, 0.05) is 18.3 Å². The molecule has 2 N–H and O–H groups in total. The van der Waals surface area contributed by atoms with Gasteiger partial charge in [0.05, 0.1) is 12.2 Å². The van der Waals surface area contributed by atoms with Crippen molar-refractivity contribution < 1.29 is 4.39 Å².